The average Bonchev–Trinajstić information content (AvgIpc) is 3.23. The number of nitrogens with one attached hydrogen (secondary N) is 3. The van der Waals surface area contributed by atoms with Crippen molar-refractivity contribution in [1.82, 2.24) is 5.32 Å². The van der Waals surface area contributed by atoms with Gasteiger partial charge in [-0.25, -0.2) is 0 Å². The largest absolute Gasteiger partial charge is 0.481 e. The van der Waals surface area contributed by atoms with E-state index in [0.717, 1.165) is 51.2 Å². The first-order chi connectivity index (χ1) is 18.8. The zero-order chi connectivity index (χ0) is 27.9. The minimum absolute atomic E-state index is 0.0250. The number of nitrogens with zero attached hydrogens (tertiary/aromatic N) is 1. The summed E-state index contributed by atoms with van der Waals surface area (Å²) in [6.45, 7) is 2.98. The number of aryl methyl sites for hydroxylation is 1. The number of carbonyl (C=O) groups is 3. The Bertz CT molecular complexity index is 1400. The van der Waals surface area contributed by atoms with Crippen LogP contribution in [-0.4, -0.2) is 43.0 Å². The number of benzene rings is 3. The summed E-state index contributed by atoms with van der Waals surface area (Å²) in [7, 11) is 1.89. The van der Waals surface area contributed by atoms with Gasteiger partial charge < -0.3 is 26.0 Å². The SMILES string of the molecule is CNCCCN(C(C)=O)c1ccc(N/C(=C2\C(=O)Nc3cc(Br)ccc32)c2ccc(CCC(=O)O)cc2)cc1. The Labute approximate surface area is 236 Å². The van der Waals surface area contributed by atoms with Crippen LogP contribution in [0.25, 0.3) is 11.3 Å². The highest BCUT2D eigenvalue weighted by atomic mass is 79.9. The lowest BCUT2D eigenvalue weighted by Crippen LogP contribution is -2.31. The molecule has 0 radical (unpaired) electrons. The Morgan fingerprint density at radius 3 is 2.38 bits per heavy atom. The third-order valence-electron chi connectivity index (χ3n) is 6.48. The van der Waals surface area contributed by atoms with E-state index >= 15 is 0 Å². The molecule has 2 amide bonds. The van der Waals surface area contributed by atoms with Gasteiger partial charge in [0.25, 0.3) is 5.91 Å². The maximum Gasteiger partial charge on any atom is 0.303 e. The minimum atomic E-state index is -0.845. The number of halogens is 1. The van der Waals surface area contributed by atoms with Crippen molar-refractivity contribution in [2.75, 3.05) is 35.7 Å². The summed E-state index contributed by atoms with van der Waals surface area (Å²) >= 11 is 3.47. The van der Waals surface area contributed by atoms with Crippen molar-refractivity contribution in [3.8, 4) is 0 Å². The number of hydrogen-bond donors (Lipinski definition) is 4. The number of amides is 2. The van der Waals surface area contributed by atoms with E-state index in [9.17, 15) is 14.4 Å². The number of rotatable bonds is 11. The van der Waals surface area contributed by atoms with Crippen molar-refractivity contribution in [2.24, 2.45) is 0 Å². The molecule has 0 spiro atoms. The van der Waals surface area contributed by atoms with Gasteiger partial charge in [-0.3, -0.25) is 14.4 Å². The second kappa shape index (κ2) is 12.7. The van der Waals surface area contributed by atoms with Crippen LogP contribution in [0.4, 0.5) is 17.1 Å². The lowest BCUT2D eigenvalue weighted by molar-refractivity contribution is -0.137. The van der Waals surface area contributed by atoms with Crippen LogP contribution in [0.1, 0.15) is 36.5 Å². The van der Waals surface area contributed by atoms with Gasteiger partial charge in [-0.05, 0) is 74.0 Å². The van der Waals surface area contributed by atoms with Gasteiger partial charge in [0, 0.05) is 41.3 Å². The number of anilines is 3. The van der Waals surface area contributed by atoms with Crippen LogP contribution in [0.15, 0.2) is 71.2 Å². The van der Waals surface area contributed by atoms with E-state index < -0.39 is 5.97 Å². The van der Waals surface area contributed by atoms with Crippen LogP contribution in [-0.2, 0) is 20.8 Å². The van der Waals surface area contributed by atoms with Crippen LogP contribution < -0.4 is 20.9 Å². The molecule has 0 aliphatic carbocycles. The van der Waals surface area contributed by atoms with Gasteiger partial charge >= 0.3 is 5.97 Å². The Hall–Kier alpha value is -3.95. The van der Waals surface area contributed by atoms with E-state index in [2.05, 4.69) is 31.9 Å². The average molecular weight is 592 g/mol. The second-order valence-electron chi connectivity index (χ2n) is 9.28. The van der Waals surface area contributed by atoms with Gasteiger partial charge in [-0.1, -0.05) is 46.3 Å². The van der Waals surface area contributed by atoms with Crippen molar-refractivity contribution in [3.63, 3.8) is 0 Å². The summed E-state index contributed by atoms with van der Waals surface area (Å²) in [4.78, 5) is 38.2. The molecule has 0 bridgehead atoms. The van der Waals surface area contributed by atoms with Crippen LogP contribution in [0.3, 0.4) is 0 Å². The smallest absolute Gasteiger partial charge is 0.303 e. The highest BCUT2D eigenvalue weighted by Crippen LogP contribution is 2.39. The molecule has 0 atom stereocenters. The first-order valence-corrected chi connectivity index (χ1v) is 13.5. The number of fused-ring (bicyclic) bond motifs is 1. The van der Waals surface area contributed by atoms with Gasteiger partial charge in [-0.2, -0.15) is 0 Å². The van der Waals surface area contributed by atoms with Crippen LogP contribution in [0.5, 0.6) is 0 Å². The number of carbonyl (C=O) groups excluding carboxylic acids is 2. The zero-order valence-electron chi connectivity index (χ0n) is 21.9. The Balaban J connectivity index is 1.69. The number of carboxylic acids is 1. The molecule has 202 valence electrons. The summed E-state index contributed by atoms with van der Waals surface area (Å²) in [6.07, 6.45) is 1.31. The summed E-state index contributed by atoms with van der Waals surface area (Å²) in [6, 6.07) is 20.8. The molecule has 0 fully saturated rings. The van der Waals surface area contributed by atoms with Crippen molar-refractivity contribution in [2.45, 2.75) is 26.2 Å². The van der Waals surface area contributed by atoms with E-state index in [4.69, 9.17) is 5.11 Å². The third-order valence-corrected chi connectivity index (χ3v) is 6.98. The molecule has 9 heteroatoms. The van der Waals surface area contributed by atoms with E-state index in [1.165, 1.54) is 0 Å². The van der Waals surface area contributed by atoms with Gasteiger partial charge in [0.2, 0.25) is 5.91 Å². The number of aliphatic carboxylic acids is 1. The van der Waals surface area contributed by atoms with Gasteiger partial charge in [-0.15, -0.1) is 0 Å². The Morgan fingerprint density at radius 1 is 1.03 bits per heavy atom. The molecular weight excluding hydrogens is 560 g/mol. The van der Waals surface area contributed by atoms with Crippen LogP contribution >= 0.6 is 15.9 Å². The Kier molecular flexibility index (Phi) is 9.16. The molecule has 3 aromatic rings. The predicted molar refractivity (Wildman–Crippen MR) is 159 cm³/mol. The zero-order valence-corrected chi connectivity index (χ0v) is 23.5. The fourth-order valence-electron chi connectivity index (χ4n) is 4.51. The summed E-state index contributed by atoms with van der Waals surface area (Å²) < 4.78 is 0.862. The Morgan fingerprint density at radius 2 is 1.74 bits per heavy atom. The second-order valence-corrected chi connectivity index (χ2v) is 10.2. The molecule has 4 rings (SSSR count). The first kappa shape index (κ1) is 28.1. The molecule has 3 aromatic carbocycles. The molecule has 8 nitrogen and oxygen atoms in total. The molecule has 1 aliphatic rings. The molecule has 0 aromatic heterocycles. The van der Waals surface area contributed by atoms with Crippen molar-refractivity contribution < 1.29 is 19.5 Å². The lowest BCUT2D eigenvalue weighted by Gasteiger charge is -2.22. The molecule has 4 N–H and O–H groups in total. The summed E-state index contributed by atoms with van der Waals surface area (Å²) in [5.74, 6) is -1.09. The molecular formula is C30H31BrN4O4. The van der Waals surface area contributed by atoms with Crippen molar-refractivity contribution in [3.05, 3.63) is 87.9 Å². The maximum absolute atomic E-state index is 13.2. The highest BCUT2D eigenvalue weighted by molar-refractivity contribution is 9.10. The van der Waals surface area contributed by atoms with E-state index in [-0.39, 0.29) is 18.2 Å². The monoisotopic (exact) mass is 590 g/mol. The molecule has 0 unspecified atom stereocenters. The van der Waals surface area contributed by atoms with E-state index in [1.54, 1.807) is 11.8 Å². The number of carboxylic acid groups (broad SMARTS) is 1. The molecule has 0 saturated carbocycles. The fourth-order valence-corrected chi connectivity index (χ4v) is 4.87. The molecule has 0 saturated heterocycles. The van der Waals surface area contributed by atoms with Crippen molar-refractivity contribution >= 4 is 62.0 Å². The topological polar surface area (TPSA) is 111 Å². The standard InChI is InChI=1S/C30H31BrN4O4/c1-19(36)35(17-3-16-32-2)24-12-10-23(11-13-24)33-29(21-7-4-20(5-8-21)6-15-27(37)38)28-25-14-9-22(31)18-26(25)34-30(28)39/h4-5,7-14,18,32-33H,3,6,15-17H2,1-2H3,(H,34,39)(H,37,38)/b29-28-. The fraction of sp³-hybridized carbons (Fsp3) is 0.233. The van der Waals surface area contributed by atoms with Crippen LogP contribution in [0.2, 0.25) is 0 Å². The maximum atomic E-state index is 13.2. The molecule has 1 heterocycles. The summed E-state index contributed by atoms with van der Waals surface area (Å²) in [5, 5.41) is 18.5. The van der Waals surface area contributed by atoms with Crippen molar-refractivity contribution in [1.29, 1.82) is 0 Å². The van der Waals surface area contributed by atoms with Crippen LogP contribution in [0, 0.1) is 0 Å². The molecule has 39 heavy (non-hydrogen) atoms. The van der Waals surface area contributed by atoms with Gasteiger partial charge in [0.15, 0.2) is 0 Å². The van der Waals surface area contributed by atoms with Gasteiger partial charge in [0.05, 0.1) is 17.0 Å². The third kappa shape index (κ3) is 6.93. The highest BCUT2D eigenvalue weighted by Gasteiger charge is 2.28. The molecule has 1 aliphatic heterocycles. The lowest BCUT2D eigenvalue weighted by atomic mass is 9.98. The van der Waals surface area contributed by atoms with E-state index in [1.807, 2.05) is 73.8 Å². The normalized spacial score (nSPS) is 13.5. The van der Waals surface area contributed by atoms with Gasteiger partial charge in [0.1, 0.15) is 0 Å². The van der Waals surface area contributed by atoms with E-state index in [0.29, 0.717) is 24.2 Å². The predicted octanol–water partition coefficient (Wildman–Crippen LogP) is 5.36. The summed E-state index contributed by atoms with van der Waals surface area (Å²) in [5.41, 5.74) is 5.89. The minimum Gasteiger partial charge on any atom is -0.481 e. The number of hydrogen-bond acceptors (Lipinski definition) is 5. The first-order valence-electron chi connectivity index (χ1n) is 12.7. The quantitative estimate of drug-likeness (QED) is 0.177.